The van der Waals surface area contributed by atoms with Gasteiger partial charge in [0.25, 0.3) is 0 Å². The van der Waals surface area contributed by atoms with Crippen molar-refractivity contribution in [3.63, 3.8) is 0 Å². The number of aromatic nitrogens is 2. The Balaban J connectivity index is 0.950. The number of ether oxygens (including phenoxy) is 1. The molecule has 242 valence electrons. The van der Waals surface area contributed by atoms with Crippen LogP contribution in [0, 0.1) is 5.41 Å². The van der Waals surface area contributed by atoms with Crippen molar-refractivity contribution in [2.75, 3.05) is 31.1 Å². The number of pyridine rings is 2. The maximum absolute atomic E-state index is 15.3. The summed E-state index contributed by atoms with van der Waals surface area (Å²) < 4.78 is 34.6. The van der Waals surface area contributed by atoms with Crippen LogP contribution in [0.15, 0.2) is 103 Å². The third-order valence-corrected chi connectivity index (χ3v) is 9.12. The molecule has 3 aliphatic carbocycles. The van der Waals surface area contributed by atoms with Gasteiger partial charge in [0.05, 0.1) is 16.9 Å². The molecule has 2 fully saturated rings. The van der Waals surface area contributed by atoms with E-state index in [1.54, 1.807) is 30.6 Å². The minimum atomic E-state index is -1.20. The second-order valence-electron chi connectivity index (χ2n) is 12.4. The highest BCUT2D eigenvalue weighted by atomic mass is 19.1. The molecule has 3 aromatic rings. The number of nitrogens with zero attached hydrogens (tertiary/aromatic N) is 4. The van der Waals surface area contributed by atoms with Crippen LogP contribution in [0.3, 0.4) is 0 Å². The maximum atomic E-state index is 15.3. The molecule has 2 N–H and O–H groups in total. The molecule has 7 rings (SSSR count). The summed E-state index contributed by atoms with van der Waals surface area (Å²) in [6.45, 7) is 4.49. The lowest BCUT2D eigenvalue weighted by atomic mass is 10.0. The molecular formula is C36H36F2N6O3. The number of alkyl halides is 1. The molecule has 9 nitrogen and oxygen atoms in total. The molecule has 2 unspecified atom stereocenters. The Morgan fingerprint density at radius 1 is 1.00 bits per heavy atom. The summed E-state index contributed by atoms with van der Waals surface area (Å²) in [6, 6.07) is 13.4. The van der Waals surface area contributed by atoms with Gasteiger partial charge in [-0.15, -0.1) is 0 Å². The highest BCUT2D eigenvalue weighted by molar-refractivity contribution is 6.08. The third-order valence-electron chi connectivity index (χ3n) is 9.12. The van der Waals surface area contributed by atoms with Gasteiger partial charge in [-0.2, -0.15) is 0 Å². The predicted octanol–water partition coefficient (Wildman–Crippen LogP) is 5.03. The number of halogens is 2. The normalized spacial score (nSPS) is 22.2. The Kier molecular flexibility index (Phi) is 8.55. The van der Waals surface area contributed by atoms with Crippen LogP contribution in [0.4, 0.5) is 14.6 Å². The number of allylic oxidation sites excluding steroid dienone is 4. The average molecular weight is 639 g/mol. The minimum absolute atomic E-state index is 0.0441. The number of carbonyl (C=O) groups excluding carboxylic acids is 2. The number of piperazine rings is 1. The first-order valence-electron chi connectivity index (χ1n) is 16.0. The highest BCUT2D eigenvalue weighted by Crippen LogP contribution is 2.46. The standard InChI is InChI=1S/C36H36F2N6O3/c37-25-6-8-26(9-7-25)41-34(45)36(13-14-36)35(46)42-27-10-11-32(29(38)20-27)47-31-12-15-39-30-21-33(40-22-28(30)31)44-18-16-43(17-19-44)23-24-4-2-1-3-5-24/h1-6,8-9,11-12,15,20-22,25,27H,7,10,13-14,16-19,23H2,(H,41,45)(H,42,46). The quantitative estimate of drug-likeness (QED) is 0.317. The van der Waals surface area contributed by atoms with Gasteiger partial charge in [0, 0.05) is 63.3 Å². The molecule has 0 radical (unpaired) electrons. The van der Waals surface area contributed by atoms with Gasteiger partial charge in [-0.25, -0.2) is 13.8 Å². The van der Waals surface area contributed by atoms with Crippen LogP contribution in [-0.2, 0) is 16.1 Å². The number of amides is 2. The number of rotatable bonds is 9. The molecule has 1 saturated carbocycles. The fourth-order valence-electron chi connectivity index (χ4n) is 6.14. The van der Waals surface area contributed by atoms with Gasteiger partial charge < -0.3 is 20.3 Å². The average Bonchev–Trinajstić information content (AvgIpc) is 3.90. The van der Waals surface area contributed by atoms with E-state index in [2.05, 4.69) is 49.7 Å². The monoisotopic (exact) mass is 638 g/mol. The third kappa shape index (κ3) is 6.80. The van der Waals surface area contributed by atoms with Crippen molar-refractivity contribution in [3.05, 3.63) is 108 Å². The van der Waals surface area contributed by atoms with Crippen molar-refractivity contribution in [2.24, 2.45) is 5.41 Å². The highest BCUT2D eigenvalue weighted by Gasteiger charge is 2.57. The SMILES string of the molecule is O=C(NC1=CCC(F)C=C1)C1(C(=O)NC2C=C(F)C(Oc3ccnc4cc(N5CCN(Cc6ccccc6)CC5)ncc34)=CC2)CC1. The first-order chi connectivity index (χ1) is 22.9. The molecule has 4 aliphatic rings. The van der Waals surface area contributed by atoms with Crippen LogP contribution in [0.1, 0.15) is 31.2 Å². The van der Waals surface area contributed by atoms with Crippen LogP contribution in [-0.4, -0.2) is 65.1 Å². The van der Waals surface area contributed by atoms with Gasteiger partial charge in [0.15, 0.2) is 11.6 Å². The van der Waals surface area contributed by atoms with Crippen LogP contribution in [0.25, 0.3) is 10.9 Å². The molecular weight excluding hydrogens is 602 g/mol. The summed E-state index contributed by atoms with van der Waals surface area (Å²) in [4.78, 5) is 39.9. The van der Waals surface area contributed by atoms with Gasteiger partial charge in [-0.1, -0.05) is 36.4 Å². The van der Waals surface area contributed by atoms with Crippen molar-refractivity contribution >= 4 is 28.5 Å². The number of nitrogens with one attached hydrogen (secondary N) is 2. The fourth-order valence-corrected chi connectivity index (χ4v) is 6.14. The van der Waals surface area contributed by atoms with Crippen LogP contribution >= 0.6 is 0 Å². The van der Waals surface area contributed by atoms with Crippen LogP contribution < -0.4 is 20.3 Å². The molecule has 11 heteroatoms. The molecule has 2 aromatic heterocycles. The second-order valence-corrected chi connectivity index (χ2v) is 12.4. The number of hydrogen-bond acceptors (Lipinski definition) is 7. The van der Waals surface area contributed by atoms with E-state index in [1.165, 1.54) is 23.8 Å². The summed E-state index contributed by atoms with van der Waals surface area (Å²) in [6.07, 6.45) is 10.9. The van der Waals surface area contributed by atoms with E-state index in [0.717, 1.165) is 38.5 Å². The number of benzene rings is 1. The minimum Gasteiger partial charge on any atom is -0.454 e. The maximum Gasteiger partial charge on any atom is 0.240 e. The molecule has 47 heavy (non-hydrogen) atoms. The smallest absolute Gasteiger partial charge is 0.240 e. The van der Waals surface area contributed by atoms with Gasteiger partial charge in [0.2, 0.25) is 11.8 Å². The molecule has 1 saturated heterocycles. The number of carbonyl (C=O) groups is 2. The van der Waals surface area contributed by atoms with Crippen molar-refractivity contribution in [1.29, 1.82) is 0 Å². The largest absolute Gasteiger partial charge is 0.454 e. The van der Waals surface area contributed by atoms with Gasteiger partial charge in [-0.05, 0) is 55.2 Å². The molecule has 3 heterocycles. The lowest BCUT2D eigenvalue weighted by molar-refractivity contribution is -0.137. The lowest BCUT2D eigenvalue weighted by Crippen LogP contribution is -2.46. The molecule has 0 spiro atoms. The van der Waals surface area contributed by atoms with E-state index in [-0.39, 0.29) is 12.2 Å². The zero-order valence-corrected chi connectivity index (χ0v) is 25.9. The van der Waals surface area contributed by atoms with Gasteiger partial charge in [0.1, 0.15) is 23.2 Å². The van der Waals surface area contributed by atoms with E-state index in [4.69, 9.17) is 9.72 Å². The van der Waals surface area contributed by atoms with Gasteiger partial charge >= 0.3 is 0 Å². The Hall–Kier alpha value is -4.90. The summed E-state index contributed by atoms with van der Waals surface area (Å²) in [5, 5.41) is 6.19. The number of hydrogen-bond donors (Lipinski definition) is 2. The zero-order chi connectivity index (χ0) is 32.4. The van der Waals surface area contributed by atoms with Crippen molar-refractivity contribution in [2.45, 2.75) is 44.4 Å². The molecule has 1 aromatic carbocycles. The Morgan fingerprint density at radius 2 is 1.81 bits per heavy atom. The van der Waals surface area contributed by atoms with Crippen LogP contribution in [0.2, 0.25) is 0 Å². The Labute approximate surface area is 271 Å². The van der Waals surface area contributed by atoms with Crippen molar-refractivity contribution in [3.8, 4) is 5.75 Å². The van der Waals surface area contributed by atoms with E-state index >= 15 is 4.39 Å². The molecule has 2 amide bonds. The summed E-state index contributed by atoms with van der Waals surface area (Å²) in [5.74, 6) is -0.192. The molecule has 1 aliphatic heterocycles. The van der Waals surface area contributed by atoms with E-state index in [1.807, 2.05) is 12.1 Å². The van der Waals surface area contributed by atoms with Crippen LogP contribution in [0.5, 0.6) is 5.75 Å². The Morgan fingerprint density at radius 3 is 2.53 bits per heavy atom. The van der Waals surface area contributed by atoms with Gasteiger partial charge in [-0.3, -0.25) is 19.5 Å². The van der Waals surface area contributed by atoms with Crippen molar-refractivity contribution < 1.29 is 23.1 Å². The first-order valence-corrected chi connectivity index (χ1v) is 16.0. The first kappa shape index (κ1) is 30.7. The van der Waals surface area contributed by atoms with E-state index in [0.29, 0.717) is 41.6 Å². The fraction of sp³-hybridized carbons (Fsp3) is 0.333. The second kappa shape index (κ2) is 13.1. The molecule has 2 atom stereocenters. The molecule has 0 bridgehead atoms. The van der Waals surface area contributed by atoms with E-state index in [9.17, 15) is 14.0 Å². The van der Waals surface area contributed by atoms with Crippen molar-refractivity contribution in [1.82, 2.24) is 25.5 Å². The number of anilines is 1. The topological polar surface area (TPSA) is 99.7 Å². The summed E-state index contributed by atoms with van der Waals surface area (Å²) >= 11 is 0. The number of fused-ring (bicyclic) bond motifs is 1. The summed E-state index contributed by atoms with van der Waals surface area (Å²) in [5.41, 5.74) is 1.27. The Bertz CT molecular complexity index is 1790. The predicted molar refractivity (Wildman–Crippen MR) is 174 cm³/mol. The van der Waals surface area contributed by atoms with E-state index < -0.39 is 35.3 Å². The zero-order valence-electron chi connectivity index (χ0n) is 25.9. The lowest BCUT2D eigenvalue weighted by Gasteiger charge is -2.35. The summed E-state index contributed by atoms with van der Waals surface area (Å²) in [7, 11) is 0.